The lowest BCUT2D eigenvalue weighted by Gasteiger charge is -2.28. The van der Waals surface area contributed by atoms with Gasteiger partial charge in [0, 0.05) is 80.4 Å². The molecule has 0 aliphatic heterocycles. The second kappa shape index (κ2) is 14.3. The van der Waals surface area contributed by atoms with Crippen LogP contribution in [0.5, 0.6) is 0 Å². The molecular formula is C20H29ClN6O7S2. The molecule has 0 saturated heterocycles. The predicted molar refractivity (Wildman–Crippen MR) is 135 cm³/mol. The van der Waals surface area contributed by atoms with Crippen LogP contribution in [0.2, 0.25) is 0 Å². The summed E-state index contributed by atoms with van der Waals surface area (Å²) in [6.45, 7) is 4.89. The summed E-state index contributed by atoms with van der Waals surface area (Å²) >= 11 is 0. The summed E-state index contributed by atoms with van der Waals surface area (Å²) in [6.07, 6.45) is 5.84. The summed E-state index contributed by atoms with van der Waals surface area (Å²) in [5.74, 6) is 0. The SMILES string of the molecule is CN(C)c1cc[n+](S(=O)(=O)N=C([O-])OC(C)(C)C)cc1.CN(C)c1ccncc1.O=C=NS(=O)(=O)Cl. The maximum absolute atomic E-state index is 11.9. The van der Waals surface area contributed by atoms with E-state index in [1.807, 2.05) is 50.1 Å². The van der Waals surface area contributed by atoms with Crippen LogP contribution in [0.1, 0.15) is 20.8 Å². The maximum Gasteiger partial charge on any atom is 0.493 e. The number of ether oxygens (including phenoxy) is 1. The highest BCUT2D eigenvalue weighted by Gasteiger charge is 2.21. The van der Waals surface area contributed by atoms with E-state index < -0.39 is 31.1 Å². The van der Waals surface area contributed by atoms with Crippen molar-refractivity contribution in [1.29, 1.82) is 0 Å². The highest BCUT2D eigenvalue weighted by Crippen LogP contribution is 2.08. The third kappa shape index (κ3) is 14.9. The summed E-state index contributed by atoms with van der Waals surface area (Å²) in [5.41, 5.74) is 1.22. The van der Waals surface area contributed by atoms with Crippen molar-refractivity contribution in [3.8, 4) is 0 Å². The van der Waals surface area contributed by atoms with Crippen LogP contribution in [-0.4, -0.2) is 67.8 Å². The zero-order valence-electron chi connectivity index (χ0n) is 20.9. The predicted octanol–water partition coefficient (Wildman–Crippen LogP) is 0.618. The Bertz CT molecular complexity index is 1240. The number of pyridine rings is 2. The van der Waals surface area contributed by atoms with Crippen molar-refractivity contribution in [3.05, 3.63) is 49.1 Å². The van der Waals surface area contributed by atoms with E-state index in [4.69, 9.17) is 9.53 Å². The van der Waals surface area contributed by atoms with E-state index >= 15 is 0 Å². The van der Waals surface area contributed by atoms with E-state index in [1.165, 1.54) is 18.1 Å². The molecule has 200 valence electrons. The van der Waals surface area contributed by atoms with E-state index in [2.05, 4.69) is 24.5 Å². The standard InChI is InChI=1S/C12H19N3O4S.C7H10N2.CClNO3S/c1-12(2,3)19-11(16)13-20(17,18)15-8-6-10(7-9-15)14(4)5;1-9(2)7-3-5-8-6-4-7;2-7(5,6)3-1-4/h6-9H,1-5H3;3-6H,1-2H3;. The zero-order valence-corrected chi connectivity index (χ0v) is 23.2. The van der Waals surface area contributed by atoms with Crippen molar-refractivity contribution in [2.45, 2.75) is 26.4 Å². The van der Waals surface area contributed by atoms with Crippen molar-refractivity contribution in [2.24, 2.45) is 8.80 Å². The highest BCUT2D eigenvalue weighted by atomic mass is 35.7. The third-order valence-electron chi connectivity index (χ3n) is 3.48. The maximum atomic E-state index is 11.9. The molecule has 2 aromatic heterocycles. The van der Waals surface area contributed by atoms with Crippen molar-refractivity contribution >= 4 is 53.7 Å². The number of nitrogens with zero attached hydrogens (tertiary/aromatic N) is 6. The van der Waals surface area contributed by atoms with Gasteiger partial charge in [-0.25, -0.2) is 4.79 Å². The number of isocyanates is 1. The molecule has 0 spiro atoms. The largest absolute Gasteiger partial charge is 0.594 e. The lowest BCUT2D eigenvalue weighted by molar-refractivity contribution is -0.511. The zero-order chi connectivity index (χ0) is 28.2. The molecule has 0 N–H and O–H groups in total. The van der Waals surface area contributed by atoms with Gasteiger partial charge in [0.2, 0.25) is 0 Å². The minimum absolute atomic E-state index is 0.763. The van der Waals surface area contributed by atoms with Gasteiger partial charge in [-0.2, -0.15) is 8.42 Å². The number of anilines is 2. The summed E-state index contributed by atoms with van der Waals surface area (Å²) in [5, 5.41) is 11.4. The second-order valence-corrected chi connectivity index (χ2v) is 11.7. The molecule has 13 nitrogen and oxygen atoms in total. The molecule has 0 unspecified atom stereocenters. The van der Waals surface area contributed by atoms with E-state index in [-0.39, 0.29) is 0 Å². The van der Waals surface area contributed by atoms with Gasteiger partial charge in [-0.05, 0) is 12.1 Å². The Balaban J connectivity index is 0.000000627. The molecule has 0 amide bonds. The third-order valence-corrected chi connectivity index (χ3v) is 5.13. The lowest BCUT2D eigenvalue weighted by Crippen LogP contribution is -2.43. The van der Waals surface area contributed by atoms with Crippen molar-refractivity contribution in [3.63, 3.8) is 0 Å². The van der Waals surface area contributed by atoms with Crippen molar-refractivity contribution in [1.82, 2.24) is 4.98 Å². The van der Waals surface area contributed by atoms with Gasteiger partial charge in [0.05, 0.1) is 0 Å². The summed E-state index contributed by atoms with van der Waals surface area (Å²) in [6, 6.07) is 7.14. The van der Waals surface area contributed by atoms with E-state index in [9.17, 15) is 21.9 Å². The molecule has 16 heteroatoms. The fourth-order valence-electron chi connectivity index (χ4n) is 1.97. The Hall–Kier alpha value is -3.26. The smallest absolute Gasteiger partial charge is 0.493 e. The Morgan fingerprint density at radius 2 is 1.44 bits per heavy atom. The topological polar surface area (TPSA) is 166 Å². The number of aromatic nitrogens is 2. The first kappa shape index (κ1) is 32.7. The van der Waals surface area contributed by atoms with Gasteiger partial charge in [0.1, 0.15) is 0 Å². The molecule has 0 aliphatic carbocycles. The molecule has 0 bridgehead atoms. The first-order valence-corrected chi connectivity index (χ1v) is 13.6. The number of halogens is 1. The van der Waals surface area contributed by atoms with Crippen LogP contribution in [0.4, 0.5) is 11.4 Å². The minimum Gasteiger partial charge on any atom is -0.594 e. The molecule has 2 rings (SSSR count). The minimum atomic E-state index is -4.13. The fraction of sp³-hybridized carbons (Fsp3) is 0.400. The fourth-order valence-corrected chi connectivity index (χ4v) is 2.89. The second-order valence-electron chi connectivity index (χ2n) is 8.02. The molecule has 0 aliphatic rings. The monoisotopic (exact) mass is 564 g/mol. The van der Waals surface area contributed by atoms with Gasteiger partial charge in [-0.1, -0.05) is 33.5 Å². The summed E-state index contributed by atoms with van der Waals surface area (Å²) in [4.78, 5) is 16.8. The molecule has 0 atom stereocenters. The molecular weight excluding hydrogens is 536 g/mol. The molecule has 0 saturated carbocycles. The Kier molecular flexibility index (Phi) is 13.0. The van der Waals surface area contributed by atoms with Crippen LogP contribution in [0.3, 0.4) is 0 Å². The molecule has 0 fully saturated rings. The van der Waals surface area contributed by atoms with Crippen LogP contribution >= 0.6 is 10.7 Å². The summed E-state index contributed by atoms with van der Waals surface area (Å²) in [7, 11) is 3.93. The van der Waals surface area contributed by atoms with Gasteiger partial charge in [0.15, 0.2) is 18.5 Å². The molecule has 36 heavy (non-hydrogen) atoms. The average molecular weight is 565 g/mol. The van der Waals surface area contributed by atoms with E-state index in [0.717, 1.165) is 15.7 Å². The number of hydrogen-bond acceptors (Lipinski definition) is 10. The quantitative estimate of drug-likeness (QED) is 0.165. The van der Waals surface area contributed by atoms with Crippen molar-refractivity contribution in [2.75, 3.05) is 38.0 Å². The van der Waals surface area contributed by atoms with Crippen LogP contribution in [0, 0.1) is 0 Å². The summed E-state index contributed by atoms with van der Waals surface area (Å²) < 4.78 is 53.9. The molecule has 2 heterocycles. The van der Waals surface area contributed by atoms with Crippen LogP contribution in [0.25, 0.3) is 0 Å². The Labute approximate surface area is 216 Å². The number of carbonyl (C=O) groups excluding carboxylic acids is 1. The van der Waals surface area contributed by atoms with Gasteiger partial charge < -0.3 is 19.6 Å². The van der Waals surface area contributed by atoms with E-state index in [0.29, 0.717) is 0 Å². The first-order valence-electron chi connectivity index (χ1n) is 9.89. The number of hydrogen-bond donors (Lipinski definition) is 0. The first-order chi connectivity index (χ1) is 16.4. The highest BCUT2D eigenvalue weighted by molar-refractivity contribution is 8.12. The van der Waals surface area contributed by atoms with Gasteiger partial charge in [-0.3, -0.25) is 4.98 Å². The number of rotatable bonds is 5. The average Bonchev–Trinajstić information content (AvgIpc) is 2.72. The molecule has 0 aromatic carbocycles. The van der Waals surface area contributed by atoms with Gasteiger partial charge >= 0.3 is 19.4 Å². The molecule has 2 aromatic rings. The Morgan fingerprint density at radius 3 is 1.75 bits per heavy atom. The van der Waals surface area contributed by atoms with Crippen LogP contribution in [-0.2, 0) is 29.0 Å². The normalized spacial score (nSPS) is 11.5. The van der Waals surface area contributed by atoms with Crippen molar-refractivity contribution < 1.29 is 35.4 Å². The van der Waals surface area contributed by atoms with Gasteiger partial charge in [0.25, 0.3) is 6.08 Å². The van der Waals surface area contributed by atoms with E-state index in [1.54, 1.807) is 45.3 Å². The lowest BCUT2D eigenvalue weighted by atomic mass is 10.2. The van der Waals surface area contributed by atoms with Gasteiger partial charge in [-0.15, -0.1) is 8.42 Å². The molecule has 0 radical (unpaired) electrons. The Morgan fingerprint density at radius 1 is 1.00 bits per heavy atom. The van der Waals surface area contributed by atoms with Crippen LogP contribution < -0.4 is 18.9 Å². The van der Waals surface area contributed by atoms with Crippen LogP contribution in [0.15, 0.2) is 57.8 Å².